The molecule has 0 heterocycles. The van der Waals surface area contributed by atoms with Crippen LogP contribution in [0.25, 0.3) is 0 Å². The summed E-state index contributed by atoms with van der Waals surface area (Å²) in [4.78, 5) is 11.0. The number of nitro groups is 1. The maximum absolute atomic E-state index is 13.5. The van der Waals surface area contributed by atoms with Gasteiger partial charge in [-0.2, -0.15) is 0 Å². The van der Waals surface area contributed by atoms with Gasteiger partial charge in [0.2, 0.25) is 0 Å². The molecular weight excluding hydrogens is 223 g/mol. The van der Waals surface area contributed by atoms with Crippen LogP contribution >= 0.6 is 0 Å². The van der Waals surface area contributed by atoms with Gasteiger partial charge in [0.25, 0.3) is 0 Å². The van der Waals surface area contributed by atoms with Crippen LogP contribution in [-0.4, -0.2) is 5.03 Å². The van der Waals surface area contributed by atoms with E-state index in [1.165, 1.54) is 18.2 Å². The average molecular weight is 232 g/mol. The molecule has 0 saturated carbocycles. The van der Waals surface area contributed by atoms with Crippen LogP contribution in [0.4, 0.5) is 15.8 Å². The highest BCUT2D eigenvalue weighted by molar-refractivity contribution is 5.60. The van der Waals surface area contributed by atoms with Crippen molar-refractivity contribution >= 4 is 11.4 Å². The van der Waals surface area contributed by atoms with E-state index in [1.54, 1.807) is 36.4 Å². The summed E-state index contributed by atoms with van der Waals surface area (Å²) in [6.07, 6.45) is 0. The van der Waals surface area contributed by atoms with Gasteiger partial charge in [-0.3, -0.25) is 0 Å². The van der Waals surface area contributed by atoms with E-state index < -0.39 is 10.8 Å². The Morgan fingerprint density at radius 3 is 2.18 bits per heavy atom. The summed E-state index contributed by atoms with van der Waals surface area (Å²) in [5.74, 6) is -0.631. The minimum Gasteiger partial charge on any atom is -0.234 e. The molecule has 0 radical (unpaired) electrons. The van der Waals surface area contributed by atoms with Gasteiger partial charge < -0.3 is 0 Å². The van der Waals surface area contributed by atoms with Crippen LogP contribution in [0.2, 0.25) is 0 Å². The number of benzene rings is 2. The fraction of sp³-hybridized carbons (Fsp3) is 0. The third-order valence-corrected chi connectivity index (χ3v) is 2.24. The van der Waals surface area contributed by atoms with Gasteiger partial charge >= 0.3 is 0 Å². The Hall–Kier alpha value is -2.43. The first-order valence-corrected chi connectivity index (χ1v) is 4.94. The van der Waals surface area contributed by atoms with E-state index in [0.717, 1.165) is 5.01 Å². The number of halogens is 1. The summed E-state index contributed by atoms with van der Waals surface area (Å²) in [5, 5.41) is 11.1. The third-order valence-electron chi connectivity index (χ3n) is 2.24. The van der Waals surface area contributed by atoms with Crippen molar-refractivity contribution in [2.24, 2.45) is 0 Å². The van der Waals surface area contributed by atoms with Gasteiger partial charge in [-0.05, 0) is 24.3 Å². The number of hydrazine groups is 1. The van der Waals surface area contributed by atoms with E-state index in [0.29, 0.717) is 5.69 Å². The highest BCUT2D eigenvalue weighted by atomic mass is 19.1. The van der Waals surface area contributed by atoms with E-state index in [2.05, 4.69) is 0 Å². The summed E-state index contributed by atoms with van der Waals surface area (Å²) in [6.45, 7) is 0. The molecule has 0 saturated heterocycles. The number of nitrogens with zero attached hydrogens (tertiary/aromatic N) is 2. The number of hydrogen-bond donors (Lipinski definition) is 0. The van der Waals surface area contributed by atoms with Crippen LogP contribution in [0.3, 0.4) is 0 Å². The first kappa shape index (κ1) is 11.1. The molecule has 0 aliphatic carbocycles. The topological polar surface area (TPSA) is 46.4 Å². The molecule has 0 spiro atoms. The Bertz CT molecular complexity index is 531. The fourth-order valence-corrected chi connectivity index (χ4v) is 1.51. The zero-order valence-corrected chi connectivity index (χ0v) is 8.79. The zero-order chi connectivity index (χ0) is 12.3. The standard InChI is InChI=1S/C12H9FN2O2/c13-11-8-4-5-9-12(11)14(15(16)17)10-6-2-1-3-7-10/h1-9H. The molecule has 2 rings (SSSR count). The summed E-state index contributed by atoms with van der Waals surface area (Å²) < 4.78 is 13.5. The molecule has 0 bridgehead atoms. The molecule has 2 aromatic carbocycles. The summed E-state index contributed by atoms with van der Waals surface area (Å²) >= 11 is 0. The number of hydrogen-bond acceptors (Lipinski definition) is 2. The predicted molar refractivity (Wildman–Crippen MR) is 62.0 cm³/mol. The summed E-state index contributed by atoms with van der Waals surface area (Å²) in [6, 6.07) is 13.8. The van der Waals surface area contributed by atoms with Crippen molar-refractivity contribution < 1.29 is 9.42 Å². The fourth-order valence-electron chi connectivity index (χ4n) is 1.51. The second kappa shape index (κ2) is 4.61. The summed E-state index contributed by atoms with van der Waals surface area (Å²) in [7, 11) is 0. The lowest BCUT2D eigenvalue weighted by Gasteiger charge is -2.14. The van der Waals surface area contributed by atoms with Crippen molar-refractivity contribution in [2.75, 3.05) is 5.01 Å². The Morgan fingerprint density at radius 2 is 1.59 bits per heavy atom. The van der Waals surface area contributed by atoms with Crippen LogP contribution in [0.15, 0.2) is 54.6 Å². The van der Waals surface area contributed by atoms with Gasteiger partial charge in [0.15, 0.2) is 10.8 Å². The van der Waals surface area contributed by atoms with Crippen LogP contribution in [0, 0.1) is 15.9 Å². The smallest absolute Gasteiger partial charge is 0.170 e. The molecule has 4 nitrogen and oxygen atoms in total. The second-order valence-electron chi connectivity index (χ2n) is 3.34. The normalized spacial score (nSPS) is 9.94. The Kier molecular flexibility index (Phi) is 3.00. The molecular formula is C12H9FN2O2. The van der Waals surface area contributed by atoms with Gasteiger partial charge in [-0.1, -0.05) is 35.3 Å². The molecule has 0 aliphatic heterocycles. The van der Waals surface area contributed by atoms with Crippen molar-refractivity contribution in [1.29, 1.82) is 0 Å². The van der Waals surface area contributed by atoms with Crippen LogP contribution in [0.5, 0.6) is 0 Å². The highest BCUT2D eigenvalue weighted by Crippen LogP contribution is 2.27. The third kappa shape index (κ3) is 2.23. The highest BCUT2D eigenvalue weighted by Gasteiger charge is 2.22. The SMILES string of the molecule is O=[N+]([O-])N(c1ccccc1)c1ccccc1F. The quantitative estimate of drug-likeness (QED) is 0.603. The minimum atomic E-state index is -0.645. The molecule has 0 amide bonds. The molecule has 0 unspecified atom stereocenters. The van der Waals surface area contributed by atoms with Crippen LogP contribution in [0.1, 0.15) is 0 Å². The average Bonchev–Trinajstić information content (AvgIpc) is 2.33. The van der Waals surface area contributed by atoms with Gasteiger partial charge in [0, 0.05) is 0 Å². The lowest BCUT2D eigenvalue weighted by Crippen LogP contribution is -2.25. The van der Waals surface area contributed by atoms with Crippen LogP contribution < -0.4 is 5.01 Å². The number of para-hydroxylation sites is 2. The van der Waals surface area contributed by atoms with E-state index in [1.807, 2.05) is 0 Å². The molecule has 86 valence electrons. The number of rotatable bonds is 3. The molecule has 2 aromatic rings. The zero-order valence-electron chi connectivity index (χ0n) is 8.79. The second-order valence-corrected chi connectivity index (χ2v) is 3.34. The van der Waals surface area contributed by atoms with Gasteiger partial charge in [-0.15, -0.1) is 0 Å². The van der Waals surface area contributed by atoms with Gasteiger partial charge in [-0.25, -0.2) is 14.5 Å². The lowest BCUT2D eigenvalue weighted by molar-refractivity contribution is -0.483. The van der Waals surface area contributed by atoms with E-state index >= 15 is 0 Å². The molecule has 0 aliphatic rings. The molecule has 0 N–H and O–H groups in total. The van der Waals surface area contributed by atoms with Crippen molar-refractivity contribution in [1.82, 2.24) is 0 Å². The maximum atomic E-state index is 13.5. The van der Waals surface area contributed by atoms with Gasteiger partial charge in [0.05, 0.1) is 0 Å². The molecule has 5 heteroatoms. The molecule has 0 atom stereocenters. The maximum Gasteiger partial charge on any atom is 0.170 e. The largest absolute Gasteiger partial charge is 0.234 e. The Balaban J connectivity index is 2.51. The van der Waals surface area contributed by atoms with E-state index in [-0.39, 0.29) is 5.69 Å². The Labute approximate surface area is 97.0 Å². The van der Waals surface area contributed by atoms with Gasteiger partial charge in [0.1, 0.15) is 11.4 Å². The number of anilines is 2. The van der Waals surface area contributed by atoms with Crippen LogP contribution in [-0.2, 0) is 0 Å². The Morgan fingerprint density at radius 1 is 1.00 bits per heavy atom. The van der Waals surface area contributed by atoms with Crippen molar-refractivity contribution in [2.45, 2.75) is 0 Å². The molecule has 17 heavy (non-hydrogen) atoms. The van der Waals surface area contributed by atoms with Crippen molar-refractivity contribution in [3.63, 3.8) is 0 Å². The van der Waals surface area contributed by atoms with Crippen molar-refractivity contribution in [3.05, 3.63) is 70.5 Å². The minimum absolute atomic E-state index is 0.0799. The first-order chi connectivity index (χ1) is 8.20. The molecule has 0 fully saturated rings. The van der Waals surface area contributed by atoms with E-state index in [4.69, 9.17) is 0 Å². The predicted octanol–water partition coefficient (Wildman–Crippen LogP) is 3.16. The molecule has 0 aromatic heterocycles. The lowest BCUT2D eigenvalue weighted by atomic mass is 10.2. The summed E-state index contributed by atoms with van der Waals surface area (Å²) in [5.41, 5.74) is 0.228. The monoisotopic (exact) mass is 232 g/mol. The first-order valence-electron chi connectivity index (χ1n) is 4.94. The van der Waals surface area contributed by atoms with E-state index in [9.17, 15) is 14.5 Å². The van der Waals surface area contributed by atoms with Crippen molar-refractivity contribution in [3.8, 4) is 0 Å².